The molecule has 0 aliphatic rings. The molecule has 17 heavy (non-hydrogen) atoms. The lowest BCUT2D eigenvalue weighted by Gasteiger charge is -2.38. The van der Waals surface area contributed by atoms with Crippen molar-refractivity contribution in [1.82, 2.24) is 4.90 Å². The summed E-state index contributed by atoms with van der Waals surface area (Å²) in [7, 11) is 0. The minimum Gasteiger partial charge on any atom is -0.396 e. The second-order valence-corrected chi connectivity index (χ2v) is 5.92. The van der Waals surface area contributed by atoms with Crippen LogP contribution in [-0.4, -0.2) is 47.5 Å². The van der Waals surface area contributed by atoms with Crippen molar-refractivity contribution in [3.8, 4) is 0 Å². The fourth-order valence-corrected chi connectivity index (χ4v) is 2.26. The van der Waals surface area contributed by atoms with E-state index in [9.17, 15) is 10.2 Å². The molecule has 104 valence electrons. The van der Waals surface area contributed by atoms with Gasteiger partial charge in [-0.15, -0.1) is 0 Å². The topological polar surface area (TPSA) is 43.7 Å². The molecule has 0 spiro atoms. The molecule has 0 unspecified atom stereocenters. The molecule has 0 aromatic rings. The van der Waals surface area contributed by atoms with Gasteiger partial charge in [-0.1, -0.05) is 34.6 Å². The Balaban J connectivity index is 4.67. The van der Waals surface area contributed by atoms with Gasteiger partial charge in [-0.2, -0.15) is 0 Å². The molecule has 0 rings (SSSR count). The van der Waals surface area contributed by atoms with E-state index >= 15 is 0 Å². The molecule has 2 N–H and O–H groups in total. The number of aliphatic hydroxyl groups is 2. The fraction of sp³-hybridized carbons (Fsp3) is 1.00. The number of hydrogen-bond acceptors (Lipinski definition) is 3. The zero-order valence-corrected chi connectivity index (χ0v) is 12.2. The van der Waals surface area contributed by atoms with Gasteiger partial charge < -0.3 is 10.2 Å². The standard InChI is InChI=1S/C14H31NO2/c1-6-13(7-2)15(8-12(3)4)9-14(5,10-16)11-17/h12-13,16-17H,6-11H2,1-5H3. The first kappa shape index (κ1) is 16.9. The zero-order chi connectivity index (χ0) is 13.5. The van der Waals surface area contributed by atoms with E-state index in [1.807, 2.05) is 6.92 Å². The molecule has 0 amide bonds. The van der Waals surface area contributed by atoms with Crippen LogP contribution in [0.2, 0.25) is 0 Å². The van der Waals surface area contributed by atoms with Crippen molar-refractivity contribution >= 4 is 0 Å². The summed E-state index contributed by atoms with van der Waals surface area (Å²) in [6.45, 7) is 12.7. The lowest BCUT2D eigenvalue weighted by molar-refractivity contribution is 0.0160. The van der Waals surface area contributed by atoms with Gasteiger partial charge in [0, 0.05) is 24.5 Å². The molecule has 0 saturated carbocycles. The van der Waals surface area contributed by atoms with Crippen LogP contribution in [-0.2, 0) is 0 Å². The zero-order valence-electron chi connectivity index (χ0n) is 12.2. The summed E-state index contributed by atoms with van der Waals surface area (Å²) >= 11 is 0. The Bertz CT molecular complexity index is 187. The second-order valence-electron chi connectivity index (χ2n) is 5.92. The van der Waals surface area contributed by atoms with E-state index in [4.69, 9.17) is 0 Å². The summed E-state index contributed by atoms with van der Waals surface area (Å²) in [5, 5.41) is 18.8. The van der Waals surface area contributed by atoms with Crippen LogP contribution in [0.3, 0.4) is 0 Å². The summed E-state index contributed by atoms with van der Waals surface area (Å²) in [6.07, 6.45) is 2.24. The molecule has 3 nitrogen and oxygen atoms in total. The predicted octanol–water partition coefficient (Wildman–Crippen LogP) is 2.12. The van der Waals surface area contributed by atoms with E-state index in [0.29, 0.717) is 12.0 Å². The van der Waals surface area contributed by atoms with Crippen LogP contribution in [0.1, 0.15) is 47.5 Å². The number of hydrogen-bond donors (Lipinski definition) is 2. The summed E-state index contributed by atoms with van der Waals surface area (Å²) in [5.41, 5.74) is -0.391. The van der Waals surface area contributed by atoms with Gasteiger partial charge in [-0.3, -0.25) is 4.90 Å². The molecule has 0 aromatic carbocycles. The summed E-state index contributed by atoms with van der Waals surface area (Å²) in [4.78, 5) is 2.43. The molecule has 0 aliphatic carbocycles. The Morgan fingerprint density at radius 1 is 1.06 bits per heavy atom. The predicted molar refractivity (Wildman–Crippen MR) is 73.1 cm³/mol. The minimum atomic E-state index is -0.391. The van der Waals surface area contributed by atoms with Crippen molar-refractivity contribution in [2.75, 3.05) is 26.3 Å². The smallest absolute Gasteiger partial charge is 0.0519 e. The summed E-state index contributed by atoms with van der Waals surface area (Å²) < 4.78 is 0. The largest absolute Gasteiger partial charge is 0.396 e. The quantitative estimate of drug-likeness (QED) is 0.654. The van der Waals surface area contributed by atoms with Gasteiger partial charge in [0.15, 0.2) is 0 Å². The Morgan fingerprint density at radius 3 is 1.82 bits per heavy atom. The maximum atomic E-state index is 9.41. The maximum absolute atomic E-state index is 9.41. The van der Waals surface area contributed by atoms with Gasteiger partial charge in [0.25, 0.3) is 0 Å². The van der Waals surface area contributed by atoms with Crippen molar-refractivity contribution in [3.63, 3.8) is 0 Å². The molecule has 0 bridgehead atoms. The third-order valence-corrected chi connectivity index (χ3v) is 3.41. The first-order valence-corrected chi connectivity index (χ1v) is 6.88. The Kier molecular flexibility index (Phi) is 8.01. The van der Waals surface area contributed by atoms with Gasteiger partial charge in [0.1, 0.15) is 0 Å². The number of rotatable bonds is 9. The third-order valence-electron chi connectivity index (χ3n) is 3.41. The van der Waals surface area contributed by atoms with E-state index in [-0.39, 0.29) is 13.2 Å². The van der Waals surface area contributed by atoms with Gasteiger partial charge in [0.05, 0.1) is 13.2 Å². The van der Waals surface area contributed by atoms with E-state index in [0.717, 1.165) is 25.9 Å². The lowest BCUT2D eigenvalue weighted by atomic mass is 9.90. The molecule has 0 aliphatic heterocycles. The van der Waals surface area contributed by atoms with Crippen LogP contribution in [0.25, 0.3) is 0 Å². The van der Waals surface area contributed by atoms with Crippen LogP contribution in [0.15, 0.2) is 0 Å². The highest BCUT2D eigenvalue weighted by Gasteiger charge is 2.28. The highest BCUT2D eigenvalue weighted by Crippen LogP contribution is 2.21. The first-order chi connectivity index (χ1) is 7.92. The normalized spacial score (nSPS) is 13.1. The van der Waals surface area contributed by atoms with Crippen LogP contribution in [0.4, 0.5) is 0 Å². The van der Waals surface area contributed by atoms with Crippen LogP contribution in [0, 0.1) is 11.3 Å². The Morgan fingerprint density at radius 2 is 1.53 bits per heavy atom. The van der Waals surface area contributed by atoms with E-state index < -0.39 is 5.41 Å². The van der Waals surface area contributed by atoms with Crippen LogP contribution >= 0.6 is 0 Å². The molecule has 3 heteroatoms. The Hall–Kier alpha value is -0.120. The highest BCUT2D eigenvalue weighted by atomic mass is 16.3. The van der Waals surface area contributed by atoms with Crippen molar-refractivity contribution in [3.05, 3.63) is 0 Å². The molecule has 0 aromatic heterocycles. The van der Waals surface area contributed by atoms with Crippen molar-refractivity contribution in [2.45, 2.75) is 53.5 Å². The molecule has 0 fully saturated rings. The van der Waals surface area contributed by atoms with E-state index in [1.165, 1.54) is 0 Å². The second kappa shape index (κ2) is 8.06. The van der Waals surface area contributed by atoms with Gasteiger partial charge in [-0.25, -0.2) is 0 Å². The fourth-order valence-electron chi connectivity index (χ4n) is 2.26. The Labute approximate surface area is 107 Å². The molecule has 0 saturated heterocycles. The monoisotopic (exact) mass is 245 g/mol. The summed E-state index contributed by atoms with van der Waals surface area (Å²) in [6, 6.07) is 0.551. The molecule has 0 atom stereocenters. The lowest BCUT2D eigenvalue weighted by Crippen LogP contribution is -2.46. The average molecular weight is 245 g/mol. The first-order valence-electron chi connectivity index (χ1n) is 6.88. The molecular weight excluding hydrogens is 214 g/mol. The number of nitrogens with zero attached hydrogens (tertiary/aromatic N) is 1. The van der Waals surface area contributed by atoms with Gasteiger partial charge in [0.2, 0.25) is 0 Å². The van der Waals surface area contributed by atoms with E-state index in [1.54, 1.807) is 0 Å². The minimum absolute atomic E-state index is 0.0399. The van der Waals surface area contributed by atoms with Crippen LogP contribution in [0.5, 0.6) is 0 Å². The molecule has 0 heterocycles. The molecule has 0 radical (unpaired) electrons. The van der Waals surface area contributed by atoms with Crippen molar-refractivity contribution in [1.29, 1.82) is 0 Å². The number of aliphatic hydroxyl groups excluding tert-OH is 2. The summed E-state index contributed by atoms with van der Waals surface area (Å²) in [5.74, 6) is 0.609. The SMILES string of the molecule is CCC(CC)N(CC(C)C)CC(C)(CO)CO. The van der Waals surface area contributed by atoms with Crippen molar-refractivity contribution < 1.29 is 10.2 Å². The maximum Gasteiger partial charge on any atom is 0.0519 e. The molecular formula is C14H31NO2. The average Bonchev–Trinajstić information content (AvgIpc) is 2.29. The third kappa shape index (κ3) is 5.84. The van der Waals surface area contributed by atoms with E-state index in [2.05, 4.69) is 32.6 Å². The van der Waals surface area contributed by atoms with Crippen molar-refractivity contribution in [2.24, 2.45) is 11.3 Å². The van der Waals surface area contributed by atoms with Gasteiger partial charge >= 0.3 is 0 Å². The van der Waals surface area contributed by atoms with Gasteiger partial charge in [-0.05, 0) is 18.8 Å². The highest BCUT2D eigenvalue weighted by molar-refractivity contribution is 4.81. The van der Waals surface area contributed by atoms with Crippen LogP contribution < -0.4 is 0 Å².